The molecule has 1 aliphatic rings. The van der Waals surface area contributed by atoms with Crippen LogP contribution in [0.5, 0.6) is 5.75 Å². The van der Waals surface area contributed by atoms with Gasteiger partial charge in [-0.25, -0.2) is 4.39 Å². The maximum atomic E-state index is 13.1. The Kier molecular flexibility index (Phi) is 7.65. The van der Waals surface area contributed by atoms with Gasteiger partial charge in [-0.1, -0.05) is 11.5 Å². The number of rotatable bonds is 4. The van der Waals surface area contributed by atoms with Crippen LogP contribution >= 0.6 is 0 Å². The monoisotopic (exact) mass is 331 g/mol. The van der Waals surface area contributed by atoms with E-state index in [0.29, 0.717) is 19.2 Å². The summed E-state index contributed by atoms with van der Waals surface area (Å²) in [5.74, 6) is -1.24. The minimum absolute atomic E-state index is 0. The molecule has 9 heteroatoms. The van der Waals surface area contributed by atoms with Gasteiger partial charge in [-0.2, -0.15) is 0 Å². The SMILES string of the molecule is CN1CCOC(COc2cc(F)ccc2[B-](F)(F)F)C1.[K+]. The van der Waals surface area contributed by atoms with Crippen molar-refractivity contribution in [3.63, 3.8) is 0 Å². The maximum Gasteiger partial charge on any atom is 1.00 e. The molecule has 1 unspecified atom stereocenters. The normalized spacial score (nSPS) is 20.0. The molecule has 0 bridgehead atoms. The van der Waals surface area contributed by atoms with Crippen molar-refractivity contribution in [1.82, 2.24) is 4.90 Å². The molecule has 0 amide bonds. The number of halogens is 4. The predicted molar refractivity (Wildman–Crippen MR) is 67.8 cm³/mol. The molecule has 112 valence electrons. The third-order valence-electron chi connectivity index (χ3n) is 3.09. The minimum Gasteiger partial charge on any atom is -0.494 e. The van der Waals surface area contributed by atoms with E-state index in [1.165, 1.54) is 0 Å². The van der Waals surface area contributed by atoms with Crippen molar-refractivity contribution in [3.8, 4) is 5.75 Å². The average Bonchev–Trinajstić information content (AvgIpc) is 2.35. The van der Waals surface area contributed by atoms with Crippen LogP contribution in [0.1, 0.15) is 0 Å². The number of likely N-dealkylation sites (N-methyl/N-ethyl adjacent to an activating group) is 1. The van der Waals surface area contributed by atoms with Gasteiger partial charge in [0.2, 0.25) is 0 Å². The molecule has 0 aliphatic carbocycles. The van der Waals surface area contributed by atoms with Crippen molar-refractivity contribution in [3.05, 3.63) is 24.0 Å². The van der Waals surface area contributed by atoms with Gasteiger partial charge in [0.05, 0.1) is 12.4 Å². The Hall–Kier alpha value is 0.361. The topological polar surface area (TPSA) is 21.7 Å². The van der Waals surface area contributed by atoms with Crippen molar-refractivity contribution < 1.29 is 78.2 Å². The van der Waals surface area contributed by atoms with E-state index in [-0.39, 0.29) is 64.1 Å². The second-order valence-electron chi connectivity index (χ2n) is 4.82. The molecule has 1 heterocycles. The maximum absolute atomic E-state index is 13.1. The Balaban J connectivity index is 0.00000220. The van der Waals surface area contributed by atoms with E-state index in [0.717, 1.165) is 18.7 Å². The molecule has 3 nitrogen and oxygen atoms in total. The van der Waals surface area contributed by atoms with Crippen LogP contribution in [0.25, 0.3) is 0 Å². The third kappa shape index (κ3) is 5.81. The molecule has 1 fully saturated rings. The molecule has 2 rings (SSSR count). The zero-order valence-corrected chi connectivity index (χ0v) is 15.1. The largest absolute Gasteiger partial charge is 1.00 e. The van der Waals surface area contributed by atoms with Crippen molar-refractivity contribution in [1.29, 1.82) is 0 Å². The number of hydrogen-bond acceptors (Lipinski definition) is 3. The molecule has 1 atom stereocenters. The average molecular weight is 331 g/mol. The quantitative estimate of drug-likeness (QED) is 0.500. The van der Waals surface area contributed by atoms with Crippen LogP contribution in [-0.2, 0) is 4.74 Å². The molecule has 1 aromatic rings. The van der Waals surface area contributed by atoms with Crippen LogP contribution in [0.3, 0.4) is 0 Å². The number of benzene rings is 1. The van der Waals surface area contributed by atoms with Gasteiger partial charge in [-0.15, -0.1) is 0 Å². The summed E-state index contributed by atoms with van der Waals surface area (Å²) in [7, 11) is 1.89. The predicted octanol–water partition coefficient (Wildman–Crippen LogP) is -1.41. The zero-order valence-electron chi connectivity index (χ0n) is 12.0. The molecule has 0 radical (unpaired) electrons. The molecule has 0 N–H and O–H groups in total. The van der Waals surface area contributed by atoms with Gasteiger partial charge < -0.3 is 27.3 Å². The first-order valence-corrected chi connectivity index (χ1v) is 6.28. The number of nitrogens with zero attached hydrogens (tertiary/aromatic N) is 1. The smallest absolute Gasteiger partial charge is 0.494 e. The molecular weight excluding hydrogens is 316 g/mol. The second kappa shape index (κ2) is 8.28. The summed E-state index contributed by atoms with van der Waals surface area (Å²) in [6, 6.07) is 2.25. The Bertz CT molecular complexity index is 475. The van der Waals surface area contributed by atoms with E-state index in [9.17, 15) is 17.3 Å². The second-order valence-corrected chi connectivity index (χ2v) is 4.82. The molecule has 21 heavy (non-hydrogen) atoms. The molecule has 0 spiro atoms. The van der Waals surface area contributed by atoms with Gasteiger partial charge in [0.25, 0.3) is 0 Å². The third-order valence-corrected chi connectivity index (χ3v) is 3.09. The fraction of sp³-hybridized carbons (Fsp3) is 0.500. The van der Waals surface area contributed by atoms with Gasteiger partial charge in [-0.05, 0) is 13.1 Å². The fourth-order valence-corrected chi connectivity index (χ4v) is 2.05. The van der Waals surface area contributed by atoms with Gasteiger partial charge in [0, 0.05) is 19.2 Å². The molecule has 1 saturated heterocycles. The van der Waals surface area contributed by atoms with Crippen LogP contribution < -0.4 is 61.6 Å². The van der Waals surface area contributed by atoms with Crippen LogP contribution in [-0.4, -0.2) is 51.3 Å². The van der Waals surface area contributed by atoms with E-state index in [1.54, 1.807) is 0 Å². The number of hydrogen-bond donors (Lipinski definition) is 0. The van der Waals surface area contributed by atoms with Crippen LogP contribution in [0.4, 0.5) is 17.3 Å². The van der Waals surface area contributed by atoms with Crippen molar-refractivity contribution in [2.75, 3.05) is 33.4 Å². The van der Waals surface area contributed by atoms with E-state index in [4.69, 9.17) is 9.47 Å². The first-order valence-electron chi connectivity index (χ1n) is 6.28. The van der Waals surface area contributed by atoms with Crippen molar-refractivity contribution >= 4 is 12.4 Å². The summed E-state index contributed by atoms with van der Waals surface area (Å²) in [6.45, 7) is -3.43. The van der Waals surface area contributed by atoms with Crippen LogP contribution in [0.15, 0.2) is 18.2 Å². The molecule has 1 aromatic carbocycles. The summed E-state index contributed by atoms with van der Waals surface area (Å²) < 4.78 is 62.1. The van der Waals surface area contributed by atoms with Gasteiger partial charge in [-0.3, -0.25) is 0 Å². The van der Waals surface area contributed by atoms with Crippen molar-refractivity contribution in [2.24, 2.45) is 0 Å². The van der Waals surface area contributed by atoms with Gasteiger partial charge >= 0.3 is 58.4 Å². The van der Waals surface area contributed by atoms with E-state index < -0.39 is 24.0 Å². The minimum atomic E-state index is -5.24. The van der Waals surface area contributed by atoms with E-state index in [1.807, 2.05) is 11.9 Å². The van der Waals surface area contributed by atoms with E-state index in [2.05, 4.69) is 0 Å². The molecule has 1 aliphatic heterocycles. The van der Waals surface area contributed by atoms with Crippen LogP contribution in [0.2, 0.25) is 0 Å². The van der Waals surface area contributed by atoms with Gasteiger partial charge in [0.1, 0.15) is 18.5 Å². The summed E-state index contributed by atoms with van der Waals surface area (Å²) in [4.78, 5) is 2.00. The Morgan fingerprint density at radius 3 is 2.71 bits per heavy atom. The number of ether oxygens (including phenoxy) is 2. The Labute approximate surface area is 163 Å². The Morgan fingerprint density at radius 2 is 2.10 bits per heavy atom. The standard InChI is InChI=1S/C12H15BF4NO2.K/c1-18-4-5-19-10(7-18)8-20-12-6-9(14)2-3-11(12)13(15,16)17;/h2-3,6,10H,4-5,7-8H2,1H3;/q-1;+1. The summed E-state index contributed by atoms with van der Waals surface area (Å²) in [5.41, 5.74) is -0.921. The van der Waals surface area contributed by atoms with Gasteiger partial charge in [0.15, 0.2) is 0 Å². The van der Waals surface area contributed by atoms with E-state index >= 15 is 0 Å². The summed E-state index contributed by atoms with van der Waals surface area (Å²) >= 11 is 0. The summed E-state index contributed by atoms with van der Waals surface area (Å²) in [6.07, 6.45) is -0.314. The first-order chi connectivity index (χ1) is 9.36. The Morgan fingerprint density at radius 1 is 1.38 bits per heavy atom. The molecule has 0 saturated carbocycles. The van der Waals surface area contributed by atoms with Crippen LogP contribution in [0, 0.1) is 5.82 Å². The number of morpholine rings is 1. The van der Waals surface area contributed by atoms with Crippen molar-refractivity contribution in [2.45, 2.75) is 6.10 Å². The summed E-state index contributed by atoms with van der Waals surface area (Å²) in [5, 5.41) is 0. The zero-order chi connectivity index (χ0) is 14.8. The molecular formula is C12H15BF4KNO2. The first kappa shape index (κ1) is 19.4. The fourth-order valence-electron chi connectivity index (χ4n) is 2.05. The molecule has 0 aromatic heterocycles.